The fraction of sp³-hybridized carbons (Fsp3) is 0.429. The zero-order valence-corrected chi connectivity index (χ0v) is 6.54. The molecule has 2 N–H and O–H groups in total. The van der Waals surface area contributed by atoms with Gasteiger partial charge in [-0.05, 0) is 0 Å². The van der Waals surface area contributed by atoms with E-state index in [4.69, 9.17) is 0 Å². The summed E-state index contributed by atoms with van der Waals surface area (Å²) in [7, 11) is 0. The van der Waals surface area contributed by atoms with E-state index in [1.165, 1.54) is 0 Å². The molecule has 0 radical (unpaired) electrons. The lowest BCUT2D eigenvalue weighted by atomic mass is 10.4. The first-order valence-corrected chi connectivity index (χ1v) is 4.05. The predicted octanol–water partition coefficient (Wildman–Crippen LogP) is -0.137. The summed E-state index contributed by atoms with van der Waals surface area (Å²) in [5, 5.41) is 10.2. The molecule has 0 spiro atoms. The van der Waals surface area contributed by atoms with Crippen LogP contribution in [0.4, 0.5) is 0 Å². The normalized spacial score (nSPS) is 16.7. The summed E-state index contributed by atoms with van der Waals surface area (Å²) in [5.74, 6) is 1.09. The van der Waals surface area contributed by atoms with Crippen LogP contribution in [0.2, 0.25) is 0 Å². The van der Waals surface area contributed by atoms with Gasteiger partial charge < -0.3 is 9.88 Å². The number of hydrogen-bond acceptors (Lipinski definition) is 3. The number of hydrogen-bond donors (Lipinski definition) is 2. The van der Waals surface area contributed by atoms with Crippen LogP contribution in [-0.4, -0.2) is 26.3 Å². The summed E-state index contributed by atoms with van der Waals surface area (Å²) in [4.78, 5) is 4.42. The van der Waals surface area contributed by atoms with Crippen LogP contribution >= 0.6 is 0 Å². The Morgan fingerprint density at radius 1 is 1.50 bits per heavy atom. The smallest absolute Gasteiger partial charge is 0.181 e. The summed E-state index contributed by atoms with van der Waals surface area (Å²) >= 11 is 0. The number of rotatable bonds is 0. The van der Waals surface area contributed by atoms with Crippen LogP contribution < -0.4 is 5.32 Å². The number of aromatic amines is 1. The van der Waals surface area contributed by atoms with Crippen molar-refractivity contribution in [2.45, 2.75) is 13.1 Å². The largest absolute Gasteiger partial charge is 0.309 e. The molecule has 12 heavy (non-hydrogen) atoms. The van der Waals surface area contributed by atoms with E-state index >= 15 is 0 Å². The Balaban J connectivity index is 2.34. The molecule has 3 rings (SSSR count). The number of H-pyrrole nitrogens is 1. The highest BCUT2D eigenvalue weighted by Crippen LogP contribution is 2.14. The first-order valence-electron chi connectivity index (χ1n) is 4.05. The quantitative estimate of drug-likeness (QED) is 0.568. The summed E-state index contributed by atoms with van der Waals surface area (Å²) in [5.41, 5.74) is 1.94. The van der Waals surface area contributed by atoms with Gasteiger partial charge in [0.15, 0.2) is 5.65 Å². The monoisotopic (exact) mass is 163 g/mol. The van der Waals surface area contributed by atoms with Crippen molar-refractivity contribution in [1.82, 2.24) is 25.1 Å². The van der Waals surface area contributed by atoms with E-state index in [-0.39, 0.29) is 0 Å². The predicted molar refractivity (Wildman–Crippen MR) is 43.6 cm³/mol. The molecule has 0 saturated carbocycles. The molecule has 3 heterocycles. The molecule has 1 aliphatic heterocycles. The topological polar surface area (TPSA) is 58.5 Å². The highest BCUT2D eigenvalue weighted by Gasteiger charge is 2.14. The molecule has 0 aliphatic carbocycles. The fourth-order valence-electron chi connectivity index (χ4n) is 1.64. The number of fused-ring (bicyclic) bond motifs is 3. The lowest BCUT2D eigenvalue weighted by molar-refractivity contribution is 0.511. The molecule has 0 amide bonds. The molecule has 0 fully saturated rings. The van der Waals surface area contributed by atoms with Gasteiger partial charge in [0, 0.05) is 19.3 Å². The lowest BCUT2D eigenvalue weighted by Gasteiger charge is -2.14. The average Bonchev–Trinajstić information content (AvgIpc) is 2.62. The standard InChI is InChI=1S/C7H9N5/c1-2-12-6(4-8-1)10-5-3-9-11-7(5)12/h3,8H,1-2,4H2,(H,9,11). The van der Waals surface area contributed by atoms with Crippen LogP contribution in [0.3, 0.4) is 0 Å². The van der Waals surface area contributed by atoms with E-state index < -0.39 is 0 Å². The first kappa shape index (κ1) is 6.19. The Kier molecular flexibility index (Phi) is 1.07. The number of nitrogens with zero attached hydrogens (tertiary/aromatic N) is 3. The molecule has 2 aromatic rings. The van der Waals surface area contributed by atoms with E-state index in [0.717, 1.165) is 36.6 Å². The Labute approximate surface area is 68.8 Å². The summed E-state index contributed by atoms with van der Waals surface area (Å²) in [6.45, 7) is 2.83. The lowest BCUT2D eigenvalue weighted by Crippen LogP contribution is -2.28. The third kappa shape index (κ3) is 0.660. The van der Waals surface area contributed by atoms with Gasteiger partial charge >= 0.3 is 0 Å². The Morgan fingerprint density at radius 3 is 3.50 bits per heavy atom. The SMILES string of the molecule is c1[nH]nc2c1nc1n2CCNC1. The molecular formula is C7H9N5. The van der Waals surface area contributed by atoms with Crippen LogP contribution in [0.15, 0.2) is 6.20 Å². The van der Waals surface area contributed by atoms with Gasteiger partial charge in [0.05, 0.1) is 6.54 Å². The van der Waals surface area contributed by atoms with Crippen LogP contribution in [-0.2, 0) is 13.1 Å². The second kappa shape index (κ2) is 2.07. The second-order valence-electron chi connectivity index (χ2n) is 2.95. The highest BCUT2D eigenvalue weighted by molar-refractivity contribution is 5.70. The van der Waals surface area contributed by atoms with Gasteiger partial charge in [0.1, 0.15) is 11.3 Å². The van der Waals surface area contributed by atoms with Crippen molar-refractivity contribution in [3.8, 4) is 0 Å². The van der Waals surface area contributed by atoms with Crippen LogP contribution in [0.5, 0.6) is 0 Å². The van der Waals surface area contributed by atoms with Crippen molar-refractivity contribution in [1.29, 1.82) is 0 Å². The molecule has 2 aromatic heterocycles. The Bertz CT molecular complexity index is 412. The third-order valence-corrected chi connectivity index (χ3v) is 2.21. The first-order chi connectivity index (χ1) is 5.95. The van der Waals surface area contributed by atoms with Crippen molar-refractivity contribution in [3.63, 3.8) is 0 Å². The summed E-state index contributed by atoms with van der Waals surface area (Å²) in [6, 6.07) is 0. The summed E-state index contributed by atoms with van der Waals surface area (Å²) in [6.07, 6.45) is 1.83. The Hall–Kier alpha value is -1.36. The van der Waals surface area contributed by atoms with Gasteiger partial charge in [-0.3, -0.25) is 5.10 Å². The molecule has 5 heteroatoms. The summed E-state index contributed by atoms with van der Waals surface area (Å²) < 4.78 is 2.16. The number of aromatic nitrogens is 4. The molecule has 62 valence electrons. The van der Waals surface area contributed by atoms with E-state index in [1.807, 2.05) is 6.20 Å². The van der Waals surface area contributed by atoms with E-state index in [2.05, 4.69) is 25.1 Å². The molecule has 0 bridgehead atoms. The molecule has 1 aliphatic rings. The number of nitrogens with one attached hydrogen (secondary N) is 2. The molecular weight excluding hydrogens is 154 g/mol. The minimum absolute atomic E-state index is 0.858. The Morgan fingerprint density at radius 2 is 2.50 bits per heavy atom. The van der Waals surface area contributed by atoms with Crippen molar-refractivity contribution in [2.24, 2.45) is 0 Å². The number of imidazole rings is 1. The van der Waals surface area contributed by atoms with Crippen molar-refractivity contribution >= 4 is 11.2 Å². The van der Waals surface area contributed by atoms with Gasteiger partial charge in [0.25, 0.3) is 0 Å². The van der Waals surface area contributed by atoms with Gasteiger partial charge in [-0.2, -0.15) is 5.10 Å². The van der Waals surface area contributed by atoms with Gasteiger partial charge in [-0.1, -0.05) is 0 Å². The van der Waals surface area contributed by atoms with Gasteiger partial charge in [0.2, 0.25) is 0 Å². The molecule has 0 aromatic carbocycles. The van der Waals surface area contributed by atoms with Crippen molar-refractivity contribution < 1.29 is 0 Å². The van der Waals surface area contributed by atoms with Gasteiger partial charge in [-0.15, -0.1) is 0 Å². The van der Waals surface area contributed by atoms with Crippen LogP contribution in [0.25, 0.3) is 11.2 Å². The fourth-order valence-corrected chi connectivity index (χ4v) is 1.64. The minimum atomic E-state index is 0.858. The maximum atomic E-state index is 4.42. The molecule has 0 saturated heterocycles. The van der Waals surface area contributed by atoms with Crippen LogP contribution in [0.1, 0.15) is 5.82 Å². The third-order valence-electron chi connectivity index (χ3n) is 2.21. The minimum Gasteiger partial charge on any atom is -0.309 e. The van der Waals surface area contributed by atoms with Crippen molar-refractivity contribution in [3.05, 3.63) is 12.0 Å². The van der Waals surface area contributed by atoms with Gasteiger partial charge in [-0.25, -0.2) is 4.98 Å². The van der Waals surface area contributed by atoms with E-state index in [1.54, 1.807) is 0 Å². The van der Waals surface area contributed by atoms with Crippen molar-refractivity contribution in [2.75, 3.05) is 6.54 Å². The maximum Gasteiger partial charge on any atom is 0.181 e. The average molecular weight is 163 g/mol. The molecule has 0 unspecified atom stereocenters. The molecule has 0 atom stereocenters. The van der Waals surface area contributed by atoms with E-state index in [0.29, 0.717) is 0 Å². The maximum absolute atomic E-state index is 4.42. The zero-order chi connectivity index (χ0) is 7.97. The van der Waals surface area contributed by atoms with Crippen LogP contribution in [0, 0.1) is 0 Å². The molecule has 5 nitrogen and oxygen atoms in total. The zero-order valence-electron chi connectivity index (χ0n) is 6.54. The highest BCUT2D eigenvalue weighted by atomic mass is 15.3. The van der Waals surface area contributed by atoms with E-state index in [9.17, 15) is 0 Å². The second-order valence-corrected chi connectivity index (χ2v) is 2.95.